The van der Waals surface area contributed by atoms with Gasteiger partial charge in [-0.1, -0.05) is 35.0 Å². The van der Waals surface area contributed by atoms with Gasteiger partial charge in [-0.3, -0.25) is 5.01 Å². The van der Waals surface area contributed by atoms with Gasteiger partial charge < -0.3 is 0 Å². The topological polar surface area (TPSA) is 15.3 Å². The normalized spacial score (nSPS) is 13.2. The van der Waals surface area contributed by atoms with Crippen LogP contribution in [0.3, 0.4) is 0 Å². The molecule has 14 heavy (non-hydrogen) atoms. The summed E-state index contributed by atoms with van der Waals surface area (Å²) in [5.41, 5.74) is 4.71. The van der Waals surface area contributed by atoms with Gasteiger partial charge in [0.05, 0.1) is 0 Å². The minimum absolute atomic E-state index is 0.401. The molecule has 0 aliphatic rings. The Morgan fingerprint density at radius 2 is 1.86 bits per heavy atom. The lowest BCUT2D eigenvalue weighted by atomic mass is 10.1. The number of rotatable bonds is 4. The standard InChI is InChI=1S/C11H17BrN2/c1-4-11(13-14(2)3)9-5-7-10(12)8-6-9/h5-8,11,13H,4H2,1-3H3. The molecule has 1 unspecified atom stereocenters. The predicted octanol–water partition coefficient (Wildman–Crippen LogP) is 2.97. The van der Waals surface area contributed by atoms with Crippen LogP contribution in [0.5, 0.6) is 0 Å². The summed E-state index contributed by atoms with van der Waals surface area (Å²) in [4.78, 5) is 0. The molecule has 0 radical (unpaired) electrons. The van der Waals surface area contributed by atoms with Crippen LogP contribution in [-0.2, 0) is 0 Å². The fourth-order valence-corrected chi connectivity index (χ4v) is 1.67. The maximum absolute atomic E-state index is 3.44. The highest BCUT2D eigenvalue weighted by atomic mass is 79.9. The van der Waals surface area contributed by atoms with E-state index in [9.17, 15) is 0 Å². The van der Waals surface area contributed by atoms with Crippen LogP contribution in [0, 0.1) is 0 Å². The molecule has 1 aromatic carbocycles. The fourth-order valence-electron chi connectivity index (χ4n) is 1.41. The lowest BCUT2D eigenvalue weighted by Gasteiger charge is -2.22. The number of hydrogen-bond donors (Lipinski definition) is 1. The Balaban J connectivity index is 2.73. The molecule has 0 aliphatic carbocycles. The number of hydrazine groups is 1. The highest BCUT2D eigenvalue weighted by Crippen LogP contribution is 2.19. The minimum Gasteiger partial charge on any atom is -0.250 e. The minimum atomic E-state index is 0.401. The van der Waals surface area contributed by atoms with Gasteiger partial charge >= 0.3 is 0 Å². The third-order valence-electron chi connectivity index (χ3n) is 2.09. The van der Waals surface area contributed by atoms with Gasteiger partial charge in [0.2, 0.25) is 0 Å². The largest absolute Gasteiger partial charge is 0.250 e. The van der Waals surface area contributed by atoms with E-state index in [0.29, 0.717) is 6.04 Å². The van der Waals surface area contributed by atoms with Crippen molar-refractivity contribution in [2.45, 2.75) is 19.4 Å². The predicted molar refractivity (Wildman–Crippen MR) is 64.0 cm³/mol. The van der Waals surface area contributed by atoms with Gasteiger partial charge in [0.15, 0.2) is 0 Å². The third-order valence-corrected chi connectivity index (χ3v) is 2.62. The van der Waals surface area contributed by atoms with Crippen molar-refractivity contribution in [3.8, 4) is 0 Å². The van der Waals surface area contributed by atoms with Gasteiger partial charge in [0.25, 0.3) is 0 Å². The summed E-state index contributed by atoms with van der Waals surface area (Å²) < 4.78 is 1.13. The Labute approximate surface area is 94.4 Å². The van der Waals surface area contributed by atoms with Crippen molar-refractivity contribution in [2.75, 3.05) is 14.1 Å². The SMILES string of the molecule is CCC(NN(C)C)c1ccc(Br)cc1. The van der Waals surface area contributed by atoms with Gasteiger partial charge in [-0.2, -0.15) is 0 Å². The molecule has 0 amide bonds. The van der Waals surface area contributed by atoms with Gasteiger partial charge in [0, 0.05) is 24.6 Å². The second-order valence-electron chi connectivity index (χ2n) is 3.54. The number of nitrogens with one attached hydrogen (secondary N) is 1. The average Bonchev–Trinajstić information content (AvgIpc) is 2.15. The molecule has 1 aromatic rings. The molecule has 0 aliphatic heterocycles. The van der Waals surface area contributed by atoms with Crippen molar-refractivity contribution in [3.05, 3.63) is 34.3 Å². The van der Waals surface area contributed by atoms with E-state index in [1.54, 1.807) is 0 Å². The molecule has 78 valence electrons. The molecule has 0 aromatic heterocycles. The molecule has 0 spiro atoms. The van der Waals surface area contributed by atoms with Crippen molar-refractivity contribution in [1.82, 2.24) is 10.4 Å². The van der Waals surface area contributed by atoms with E-state index in [2.05, 4.69) is 52.5 Å². The van der Waals surface area contributed by atoms with Gasteiger partial charge in [-0.15, -0.1) is 0 Å². The maximum Gasteiger partial charge on any atom is 0.0461 e. The summed E-state index contributed by atoms with van der Waals surface area (Å²) in [6.07, 6.45) is 1.08. The van der Waals surface area contributed by atoms with Gasteiger partial charge in [0.1, 0.15) is 0 Å². The van der Waals surface area contributed by atoms with Crippen LogP contribution in [0.2, 0.25) is 0 Å². The Morgan fingerprint density at radius 3 is 2.29 bits per heavy atom. The zero-order valence-electron chi connectivity index (χ0n) is 8.92. The summed E-state index contributed by atoms with van der Waals surface area (Å²) in [6, 6.07) is 8.85. The monoisotopic (exact) mass is 256 g/mol. The van der Waals surface area contributed by atoms with Crippen LogP contribution in [0.1, 0.15) is 24.9 Å². The Kier molecular flexibility index (Phi) is 4.58. The van der Waals surface area contributed by atoms with E-state index in [1.165, 1.54) is 5.56 Å². The van der Waals surface area contributed by atoms with Crippen LogP contribution in [-0.4, -0.2) is 19.1 Å². The molecule has 0 saturated heterocycles. The van der Waals surface area contributed by atoms with Crippen molar-refractivity contribution in [1.29, 1.82) is 0 Å². The summed E-state index contributed by atoms with van der Waals surface area (Å²) in [5, 5.41) is 2.00. The zero-order chi connectivity index (χ0) is 10.6. The smallest absolute Gasteiger partial charge is 0.0461 e. The summed E-state index contributed by atoms with van der Waals surface area (Å²) >= 11 is 3.44. The van der Waals surface area contributed by atoms with Gasteiger partial charge in [-0.05, 0) is 24.1 Å². The molecule has 0 heterocycles. The van der Waals surface area contributed by atoms with E-state index in [-0.39, 0.29) is 0 Å². The van der Waals surface area contributed by atoms with Crippen LogP contribution in [0.4, 0.5) is 0 Å². The van der Waals surface area contributed by atoms with E-state index < -0.39 is 0 Å². The Hall–Kier alpha value is -0.380. The molecular formula is C11H17BrN2. The summed E-state index contributed by atoms with van der Waals surface area (Å²) in [6.45, 7) is 2.18. The molecule has 1 rings (SSSR count). The van der Waals surface area contributed by atoms with Gasteiger partial charge in [-0.25, -0.2) is 5.43 Å². The number of hydrogen-bond acceptors (Lipinski definition) is 2. The second-order valence-corrected chi connectivity index (χ2v) is 4.45. The molecular weight excluding hydrogens is 240 g/mol. The van der Waals surface area contributed by atoms with Crippen molar-refractivity contribution in [2.24, 2.45) is 0 Å². The summed E-state index contributed by atoms with van der Waals surface area (Å²) in [7, 11) is 4.03. The maximum atomic E-state index is 3.44. The first-order valence-corrected chi connectivity index (χ1v) is 5.61. The zero-order valence-corrected chi connectivity index (χ0v) is 10.5. The molecule has 3 heteroatoms. The van der Waals surface area contributed by atoms with E-state index in [4.69, 9.17) is 0 Å². The molecule has 1 N–H and O–H groups in total. The van der Waals surface area contributed by atoms with E-state index in [0.717, 1.165) is 10.9 Å². The van der Waals surface area contributed by atoms with Crippen LogP contribution < -0.4 is 5.43 Å². The highest BCUT2D eigenvalue weighted by molar-refractivity contribution is 9.10. The van der Waals surface area contributed by atoms with Crippen LogP contribution >= 0.6 is 15.9 Å². The number of halogens is 1. The second kappa shape index (κ2) is 5.49. The highest BCUT2D eigenvalue weighted by Gasteiger charge is 2.08. The van der Waals surface area contributed by atoms with E-state index >= 15 is 0 Å². The molecule has 1 atom stereocenters. The van der Waals surface area contributed by atoms with Crippen LogP contribution in [0.15, 0.2) is 28.7 Å². The molecule has 0 saturated carbocycles. The first-order valence-electron chi connectivity index (χ1n) is 4.82. The fraction of sp³-hybridized carbons (Fsp3) is 0.455. The average molecular weight is 257 g/mol. The lowest BCUT2D eigenvalue weighted by molar-refractivity contribution is 0.239. The third kappa shape index (κ3) is 3.40. The quantitative estimate of drug-likeness (QED) is 0.834. The lowest BCUT2D eigenvalue weighted by Crippen LogP contribution is -2.33. The van der Waals surface area contributed by atoms with Crippen LogP contribution in [0.25, 0.3) is 0 Å². The van der Waals surface area contributed by atoms with Crippen molar-refractivity contribution < 1.29 is 0 Å². The van der Waals surface area contributed by atoms with Crippen molar-refractivity contribution >= 4 is 15.9 Å². The Morgan fingerprint density at radius 1 is 1.29 bits per heavy atom. The molecule has 2 nitrogen and oxygen atoms in total. The first-order chi connectivity index (χ1) is 6.63. The van der Waals surface area contributed by atoms with Crippen molar-refractivity contribution in [3.63, 3.8) is 0 Å². The molecule has 0 bridgehead atoms. The number of benzene rings is 1. The first kappa shape index (κ1) is 11.7. The van der Waals surface area contributed by atoms with E-state index in [1.807, 2.05) is 19.1 Å². The molecule has 0 fully saturated rings. The summed E-state index contributed by atoms with van der Waals surface area (Å²) in [5.74, 6) is 0. The Bertz CT molecular complexity index is 269. The number of nitrogens with zero attached hydrogens (tertiary/aromatic N) is 1.